The fourth-order valence-corrected chi connectivity index (χ4v) is 4.21. The number of anilines is 2. The Bertz CT molecular complexity index is 1080. The summed E-state index contributed by atoms with van der Waals surface area (Å²) in [5, 5.41) is 5.64. The predicted molar refractivity (Wildman–Crippen MR) is 105 cm³/mol. The molecule has 3 N–H and O–H groups in total. The maximum absolute atomic E-state index is 12.5. The molecule has 0 fully saturated rings. The van der Waals surface area contributed by atoms with E-state index in [4.69, 9.17) is 0 Å². The summed E-state index contributed by atoms with van der Waals surface area (Å²) in [6.45, 7) is 0. The molecular formula is C20H17N3O3S. The van der Waals surface area contributed by atoms with Gasteiger partial charge in [0, 0.05) is 5.69 Å². The maximum Gasteiger partial charge on any atom is 0.262 e. The van der Waals surface area contributed by atoms with E-state index in [9.17, 15) is 13.2 Å². The number of carbonyl (C=O) groups excluding carboxylic acids is 1. The number of para-hydroxylation sites is 1. The number of benzene rings is 3. The van der Waals surface area contributed by atoms with Gasteiger partial charge in [-0.3, -0.25) is 4.79 Å². The normalized spacial score (nSPS) is 17.4. The Labute approximate surface area is 157 Å². The number of fused-ring (bicyclic) bond motifs is 1. The standard InChI is InChI=1S/C20H17N3O3S/c24-20(19-22-17-8-4-5-9-18(17)27(25,26)23-19)21-16-12-10-15(11-13-16)14-6-2-1-3-7-14/h1-13,19,22-23H,(H,21,24)/t19-/m1/s1. The number of rotatable bonds is 3. The zero-order valence-corrected chi connectivity index (χ0v) is 15.0. The van der Waals surface area contributed by atoms with Crippen LogP contribution in [0.1, 0.15) is 0 Å². The smallest absolute Gasteiger partial charge is 0.262 e. The topological polar surface area (TPSA) is 87.3 Å². The average molecular weight is 379 g/mol. The highest BCUT2D eigenvalue weighted by atomic mass is 32.2. The van der Waals surface area contributed by atoms with Gasteiger partial charge in [0.15, 0.2) is 6.17 Å². The van der Waals surface area contributed by atoms with Gasteiger partial charge in [-0.15, -0.1) is 0 Å². The lowest BCUT2D eigenvalue weighted by Gasteiger charge is -2.27. The van der Waals surface area contributed by atoms with E-state index in [2.05, 4.69) is 15.4 Å². The molecule has 1 heterocycles. The second kappa shape index (κ2) is 6.86. The lowest BCUT2D eigenvalue weighted by molar-refractivity contribution is -0.117. The van der Waals surface area contributed by atoms with Crippen LogP contribution >= 0.6 is 0 Å². The lowest BCUT2D eigenvalue weighted by atomic mass is 10.1. The summed E-state index contributed by atoms with van der Waals surface area (Å²) in [6, 6.07) is 23.7. The van der Waals surface area contributed by atoms with Crippen molar-refractivity contribution in [3.05, 3.63) is 78.9 Å². The Kier molecular flexibility index (Phi) is 4.39. The van der Waals surface area contributed by atoms with Crippen molar-refractivity contribution in [2.45, 2.75) is 11.1 Å². The SMILES string of the molecule is O=C(Nc1ccc(-c2ccccc2)cc1)[C@@H]1Nc2ccccc2S(=O)(=O)N1. The van der Waals surface area contributed by atoms with Crippen LogP contribution in [0, 0.1) is 0 Å². The zero-order valence-electron chi connectivity index (χ0n) is 14.2. The van der Waals surface area contributed by atoms with E-state index in [0.717, 1.165) is 11.1 Å². The van der Waals surface area contributed by atoms with Crippen molar-refractivity contribution in [1.29, 1.82) is 0 Å². The summed E-state index contributed by atoms with van der Waals surface area (Å²) in [5.74, 6) is -0.486. The molecule has 1 atom stereocenters. The minimum Gasteiger partial charge on any atom is -0.360 e. The molecule has 0 aliphatic carbocycles. The van der Waals surface area contributed by atoms with E-state index in [1.165, 1.54) is 6.07 Å². The van der Waals surface area contributed by atoms with E-state index in [0.29, 0.717) is 11.4 Å². The monoisotopic (exact) mass is 379 g/mol. The fourth-order valence-electron chi connectivity index (χ4n) is 2.93. The van der Waals surface area contributed by atoms with E-state index in [-0.39, 0.29) is 4.90 Å². The van der Waals surface area contributed by atoms with Gasteiger partial charge in [0.2, 0.25) is 10.0 Å². The number of sulfonamides is 1. The molecule has 1 aliphatic heterocycles. The second-order valence-electron chi connectivity index (χ2n) is 6.13. The van der Waals surface area contributed by atoms with Crippen molar-refractivity contribution in [2.24, 2.45) is 0 Å². The molecular weight excluding hydrogens is 362 g/mol. The molecule has 1 aliphatic rings. The van der Waals surface area contributed by atoms with Crippen molar-refractivity contribution < 1.29 is 13.2 Å². The largest absolute Gasteiger partial charge is 0.360 e. The molecule has 6 nitrogen and oxygen atoms in total. The highest BCUT2D eigenvalue weighted by molar-refractivity contribution is 7.89. The molecule has 4 rings (SSSR count). The van der Waals surface area contributed by atoms with Gasteiger partial charge in [-0.1, -0.05) is 54.6 Å². The highest BCUT2D eigenvalue weighted by Crippen LogP contribution is 2.26. The van der Waals surface area contributed by atoms with Crippen LogP contribution in [0.3, 0.4) is 0 Å². The first-order valence-electron chi connectivity index (χ1n) is 8.37. The quantitative estimate of drug-likeness (QED) is 0.653. The van der Waals surface area contributed by atoms with Crippen LogP contribution in [-0.2, 0) is 14.8 Å². The van der Waals surface area contributed by atoms with Gasteiger partial charge in [-0.2, -0.15) is 4.72 Å². The van der Waals surface area contributed by atoms with Gasteiger partial charge in [0.05, 0.1) is 5.69 Å². The first-order chi connectivity index (χ1) is 13.0. The van der Waals surface area contributed by atoms with Crippen molar-refractivity contribution in [3.63, 3.8) is 0 Å². The van der Waals surface area contributed by atoms with Crippen molar-refractivity contribution in [3.8, 4) is 11.1 Å². The van der Waals surface area contributed by atoms with Crippen LogP contribution in [0.4, 0.5) is 11.4 Å². The van der Waals surface area contributed by atoms with E-state index >= 15 is 0 Å². The predicted octanol–water partition coefficient (Wildman–Crippen LogP) is 3.02. The summed E-state index contributed by atoms with van der Waals surface area (Å²) in [7, 11) is -3.74. The summed E-state index contributed by atoms with van der Waals surface area (Å²) >= 11 is 0. The Balaban J connectivity index is 1.50. The summed E-state index contributed by atoms with van der Waals surface area (Å²) in [5.41, 5.74) is 3.09. The molecule has 0 radical (unpaired) electrons. The maximum atomic E-state index is 12.5. The fraction of sp³-hybridized carbons (Fsp3) is 0.0500. The molecule has 1 amide bonds. The molecule has 0 spiro atoms. The minimum atomic E-state index is -3.74. The Hall–Kier alpha value is -3.16. The van der Waals surface area contributed by atoms with E-state index in [1.807, 2.05) is 42.5 Å². The number of carbonyl (C=O) groups is 1. The molecule has 3 aromatic rings. The zero-order chi connectivity index (χ0) is 18.9. The lowest BCUT2D eigenvalue weighted by Crippen LogP contribution is -2.51. The molecule has 3 aromatic carbocycles. The third-order valence-electron chi connectivity index (χ3n) is 4.27. The molecule has 0 aromatic heterocycles. The summed E-state index contributed by atoms with van der Waals surface area (Å²) < 4.78 is 27.0. The van der Waals surface area contributed by atoms with E-state index in [1.54, 1.807) is 30.3 Å². The molecule has 0 saturated heterocycles. The number of hydrogen-bond donors (Lipinski definition) is 3. The third-order valence-corrected chi connectivity index (χ3v) is 5.75. The van der Waals surface area contributed by atoms with E-state index < -0.39 is 22.1 Å². The summed E-state index contributed by atoms with van der Waals surface area (Å²) in [6.07, 6.45) is -1.08. The Morgan fingerprint density at radius 1 is 0.815 bits per heavy atom. The third kappa shape index (κ3) is 3.55. The molecule has 0 unspecified atom stereocenters. The van der Waals surface area contributed by atoms with Crippen LogP contribution < -0.4 is 15.4 Å². The van der Waals surface area contributed by atoms with Gasteiger partial charge in [0.25, 0.3) is 5.91 Å². The Morgan fingerprint density at radius 3 is 2.19 bits per heavy atom. The van der Waals surface area contributed by atoms with Crippen molar-refractivity contribution in [2.75, 3.05) is 10.6 Å². The van der Waals surface area contributed by atoms with Crippen molar-refractivity contribution in [1.82, 2.24) is 4.72 Å². The van der Waals surface area contributed by atoms with Crippen LogP contribution in [0.25, 0.3) is 11.1 Å². The molecule has 27 heavy (non-hydrogen) atoms. The number of amides is 1. The summed E-state index contributed by atoms with van der Waals surface area (Å²) in [4.78, 5) is 12.6. The Morgan fingerprint density at radius 2 is 1.44 bits per heavy atom. The van der Waals surface area contributed by atoms with Crippen molar-refractivity contribution >= 4 is 27.3 Å². The number of nitrogens with one attached hydrogen (secondary N) is 3. The van der Waals surface area contributed by atoms with Gasteiger partial charge in [-0.05, 0) is 35.4 Å². The molecule has 7 heteroatoms. The van der Waals surface area contributed by atoms with Gasteiger partial charge in [0.1, 0.15) is 4.90 Å². The molecule has 136 valence electrons. The first kappa shape index (κ1) is 17.3. The second-order valence-corrected chi connectivity index (χ2v) is 7.81. The number of hydrogen-bond acceptors (Lipinski definition) is 4. The van der Waals surface area contributed by atoms with Gasteiger partial charge >= 0.3 is 0 Å². The highest BCUT2D eigenvalue weighted by Gasteiger charge is 2.32. The van der Waals surface area contributed by atoms with Gasteiger partial charge in [-0.25, -0.2) is 8.42 Å². The van der Waals surface area contributed by atoms with Gasteiger partial charge < -0.3 is 10.6 Å². The van der Waals surface area contributed by atoms with Crippen LogP contribution in [0.5, 0.6) is 0 Å². The molecule has 0 bridgehead atoms. The van der Waals surface area contributed by atoms with Crippen LogP contribution in [0.15, 0.2) is 83.8 Å². The van der Waals surface area contributed by atoms with Crippen LogP contribution in [0.2, 0.25) is 0 Å². The first-order valence-corrected chi connectivity index (χ1v) is 9.85. The minimum absolute atomic E-state index is 0.126. The average Bonchev–Trinajstić information content (AvgIpc) is 2.69. The molecule has 0 saturated carbocycles. The van der Waals surface area contributed by atoms with Crippen LogP contribution in [-0.4, -0.2) is 20.5 Å².